The number of aliphatic carboxylic acids is 1. The van der Waals surface area contributed by atoms with Crippen molar-refractivity contribution in [1.29, 1.82) is 0 Å². The second-order valence-electron chi connectivity index (χ2n) is 5.51. The molecular formula is C15H23ClN2O4. The first-order valence-electron chi connectivity index (χ1n) is 6.86. The largest absolute Gasteiger partial charge is 0.508 e. The molecule has 1 aromatic rings. The molecule has 22 heavy (non-hydrogen) atoms. The summed E-state index contributed by atoms with van der Waals surface area (Å²) >= 11 is 0. The molecule has 6 nitrogen and oxygen atoms in total. The third-order valence-corrected chi connectivity index (χ3v) is 3.05. The van der Waals surface area contributed by atoms with Gasteiger partial charge < -0.3 is 21.3 Å². The molecule has 0 aromatic heterocycles. The molecule has 0 aliphatic heterocycles. The number of hydrogen-bond donors (Lipinski definition) is 4. The number of halogens is 1. The van der Waals surface area contributed by atoms with Gasteiger partial charge >= 0.3 is 5.97 Å². The van der Waals surface area contributed by atoms with Crippen LogP contribution in [-0.2, 0) is 16.0 Å². The van der Waals surface area contributed by atoms with Gasteiger partial charge in [0.15, 0.2) is 0 Å². The molecule has 0 aliphatic carbocycles. The van der Waals surface area contributed by atoms with E-state index in [0.717, 1.165) is 0 Å². The zero-order valence-corrected chi connectivity index (χ0v) is 13.5. The highest BCUT2D eigenvalue weighted by Gasteiger charge is 2.23. The Kier molecular flexibility index (Phi) is 8.52. The lowest BCUT2D eigenvalue weighted by atomic mass is 10.0. The number of hydrogen-bond acceptors (Lipinski definition) is 4. The molecule has 5 N–H and O–H groups in total. The van der Waals surface area contributed by atoms with Crippen LogP contribution in [0, 0.1) is 5.92 Å². The number of carbonyl (C=O) groups excluding carboxylic acids is 1. The van der Waals surface area contributed by atoms with Crippen molar-refractivity contribution in [2.24, 2.45) is 11.7 Å². The normalized spacial score (nSPS) is 13.1. The highest BCUT2D eigenvalue weighted by atomic mass is 35.5. The lowest BCUT2D eigenvalue weighted by molar-refractivity contribution is -0.142. The number of phenolic OH excluding ortho intramolecular Hbond substituents is 1. The molecule has 0 spiro atoms. The highest BCUT2D eigenvalue weighted by molar-refractivity contribution is 5.87. The third-order valence-electron chi connectivity index (χ3n) is 3.05. The molecule has 1 rings (SSSR count). The van der Waals surface area contributed by atoms with Crippen LogP contribution in [0.5, 0.6) is 5.75 Å². The molecule has 124 valence electrons. The van der Waals surface area contributed by atoms with Crippen molar-refractivity contribution in [3.05, 3.63) is 29.8 Å². The minimum Gasteiger partial charge on any atom is -0.508 e. The maximum atomic E-state index is 11.9. The molecular weight excluding hydrogens is 308 g/mol. The van der Waals surface area contributed by atoms with Gasteiger partial charge in [0, 0.05) is 6.42 Å². The lowest BCUT2D eigenvalue weighted by Gasteiger charge is -2.19. The Bertz CT molecular complexity index is 491. The van der Waals surface area contributed by atoms with E-state index < -0.39 is 24.0 Å². The van der Waals surface area contributed by atoms with E-state index in [1.54, 1.807) is 12.1 Å². The molecule has 0 saturated heterocycles. The quantitative estimate of drug-likeness (QED) is 0.602. The topological polar surface area (TPSA) is 113 Å². The molecule has 0 radical (unpaired) electrons. The summed E-state index contributed by atoms with van der Waals surface area (Å²) in [7, 11) is 0. The summed E-state index contributed by atoms with van der Waals surface area (Å²) in [5.74, 6) is -1.22. The number of carbonyl (C=O) groups is 2. The Morgan fingerprint density at radius 2 is 1.77 bits per heavy atom. The standard InChI is InChI=1S/C15H22N2O4.ClH/c1-9(2)7-12(16)14(19)17-13(15(20)21)8-10-3-5-11(18)6-4-10;/h3-6,9,12-13,18H,7-8,16H2,1-2H3,(H,17,19)(H,20,21);1H/t12-,13-;/m0./s1. The van der Waals surface area contributed by atoms with Crippen molar-refractivity contribution in [3.8, 4) is 5.75 Å². The monoisotopic (exact) mass is 330 g/mol. The zero-order chi connectivity index (χ0) is 16.0. The number of nitrogens with two attached hydrogens (primary N) is 1. The van der Waals surface area contributed by atoms with Crippen LogP contribution in [0.3, 0.4) is 0 Å². The van der Waals surface area contributed by atoms with E-state index in [-0.39, 0.29) is 30.5 Å². The number of aromatic hydroxyl groups is 1. The fraction of sp³-hybridized carbons (Fsp3) is 0.467. The molecule has 0 aliphatic rings. The van der Waals surface area contributed by atoms with Crippen LogP contribution in [0.15, 0.2) is 24.3 Å². The van der Waals surface area contributed by atoms with E-state index in [1.807, 2.05) is 13.8 Å². The molecule has 0 saturated carbocycles. The summed E-state index contributed by atoms with van der Waals surface area (Å²) in [6.45, 7) is 3.89. The summed E-state index contributed by atoms with van der Waals surface area (Å²) in [6.07, 6.45) is 0.632. The third kappa shape index (κ3) is 6.78. The fourth-order valence-corrected chi connectivity index (χ4v) is 1.96. The lowest BCUT2D eigenvalue weighted by Crippen LogP contribution is -2.49. The fourth-order valence-electron chi connectivity index (χ4n) is 1.96. The van der Waals surface area contributed by atoms with Gasteiger partial charge in [-0.15, -0.1) is 12.4 Å². The van der Waals surface area contributed by atoms with Crippen molar-refractivity contribution in [2.45, 2.75) is 38.8 Å². The van der Waals surface area contributed by atoms with Crippen LogP contribution in [0.1, 0.15) is 25.8 Å². The minimum atomic E-state index is -1.12. The zero-order valence-electron chi connectivity index (χ0n) is 12.7. The van der Waals surface area contributed by atoms with Gasteiger partial charge in [0.25, 0.3) is 0 Å². The Balaban J connectivity index is 0.00000441. The van der Waals surface area contributed by atoms with Crippen molar-refractivity contribution in [3.63, 3.8) is 0 Å². The van der Waals surface area contributed by atoms with E-state index in [2.05, 4.69) is 5.32 Å². The van der Waals surface area contributed by atoms with Gasteiger partial charge in [-0.3, -0.25) is 4.79 Å². The summed E-state index contributed by atoms with van der Waals surface area (Å²) in [4.78, 5) is 23.1. The SMILES string of the molecule is CC(C)C[C@H](N)C(=O)N[C@@H](Cc1ccc(O)cc1)C(=O)O.Cl. The van der Waals surface area contributed by atoms with Gasteiger partial charge in [-0.05, 0) is 30.0 Å². The van der Waals surface area contributed by atoms with Gasteiger partial charge in [-0.25, -0.2) is 4.79 Å². The van der Waals surface area contributed by atoms with E-state index >= 15 is 0 Å². The molecule has 1 aromatic carbocycles. The number of benzene rings is 1. The molecule has 2 atom stereocenters. The highest BCUT2D eigenvalue weighted by Crippen LogP contribution is 2.12. The number of carboxylic acids is 1. The molecule has 0 unspecified atom stereocenters. The average molecular weight is 331 g/mol. The van der Waals surface area contributed by atoms with Gasteiger partial charge in [-0.2, -0.15) is 0 Å². The first-order chi connectivity index (χ1) is 9.79. The molecule has 0 heterocycles. The summed E-state index contributed by atoms with van der Waals surface area (Å²) in [5.41, 5.74) is 6.45. The molecule has 0 fully saturated rings. The van der Waals surface area contributed by atoms with Crippen LogP contribution in [0.25, 0.3) is 0 Å². The summed E-state index contributed by atoms with van der Waals surface area (Å²) in [6, 6.07) is 4.42. The van der Waals surface area contributed by atoms with Crippen LogP contribution in [0.2, 0.25) is 0 Å². The number of phenols is 1. The minimum absolute atomic E-state index is 0. The first kappa shape index (κ1) is 20.2. The van der Waals surface area contributed by atoms with Crippen LogP contribution in [-0.4, -0.2) is 34.2 Å². The van der Waals surface area contributed by atoms with Crippen LogP contribution >= 0.6 is 12.4 Å². The predicted molar refractivity (Wildman–Crippen MR) is 86.1 cm³/mol. The summed E-state index contributed by atoms with van der Waals surface area (Å²) in [5, 5.41) is 20.9. The van der Waals surface area contributed by atoms with Gasteiger partial charge in [0.1, 0.15) is 11.8 Å². The van der Waals surface area contributed by atoms with Crippen LogP contribution < -0.4 is 11.1 Å². The van der Waals surface area contributed by atoms with Crippen molar-refractivity contribution in [1.82, 2.24) is 5.32 Å². The maximum Gasteiger partial charge on any atom is 0.326 e. The number of nitrogens with one attached hydrogen (secondary N) is 1. The van der Waals surface area contributed by atoms with E-state index in [0.29, 0.717) is 12.0 Å². The van der Waals surface area contributed by atoms with Gasteiger partial charge in [-0.1, -0.05) is 26.0 Å². The number of rotatable bonds is 7. The maximum absolute atomic E-state index is 11.9. The van der Waals surface area contributed by atoms with Gasteiger partial charge in [0.05, 0.1) is 6.04 Å². The smallest absolute Gasteiger partial charge is 0.326 e. The average Bonchev–Trinajstić information content (AvgIpc) is 2.39. The Morgan fingerprint density at radius 1 is 1.23 bits per heavy atom. The summed E-state index contributed by atoms with van der Waals surface area (Å²) < 4.78 is 0. The van der Waals surface area contributed by atoms with Crippen LogP contribution in [0.4, 0.5) is 0 Å². The Labute approximate surface area is 136 Å². The van der Waals surface area contributed by atoms with Crippen molar-refractivity contribution in [2.75, 3.05) is 0 Å². The Hall–Kier alpha value is -1.79. The first-order valence-corrected chi connectivity index (χ1v) is 6.86. The number of amides is 1. The molecule has 0 bridgehead atoms. The predicted octanol–water partition coefficient (Wildman–Crippen LogP) is 1.30. The second kappa shape index (κ2) is 9.27. The van der Waals surface area contributed by atoms with E-state index in [4.69, 9.17) is 5.73 Å². The molecule has 7 heteroatoms. The molecule has 1 amide bonds. The second-order valence-corrected chi connectivity index (χ2v) is 5.51. The van der Waals surface area contributed by atoms with E-state index in [9.17, 15) is 19.8 Å². The van der Waals surface area contributed by atoms with Gasteiger partial charge in [0.2, 0.25) is 5.91 Å². The number of carboxylic acid groups (broad SMARTS) is 1. The van der Waals surface area contributed by atoms with E-state index in [1.165, 1.54) is 12.1 Å². The van der Waals surface area contributed by atoms with Crippen molar-refractivity contribution < 1.29 is 19.8 Å². The van der Waals surface area contributed by atoms with Crippen molar-refractivity contribution >= 4 is 24.3 Å². The Morgan fingerprint density at radius 3 is 2.23 bits per heavy atom.